The molecule has 5 nitrogen and oxygen atoms in total. The van der Waals surface area contributed by atoms with Gasteiger partial charge in [0.25, 0.3) is 0 Å². The number of ether oxygens (including phenoxy) is 2. The molecule has 1 aliphatic rings. The number of amides is 1. The summed E-state index contributed by atoms with van der Waals surface area (Å²) in [5.74, 6) is 0.196. The summed E-state index contributed by atoms with van der Waals surface area (Å²) in [7, 11) is 2.93. The van der Waals surface area contributed by atoms with Crippen molar-refractivity contribution in [2.45, 2.75) is 18.4 Å². The zero-order valence-electron chi connectivity index (χ0n) is 13.7. The zero-order valence-corrected chi connectivity index (χ0v) is 13.7. The van der Waals surface area contributed by atoms with Crippen molar-refractivity contribution in [2.75, 3.05) is 19.1 Å². The number of methoxy groups -OCH3 is 2. The van der Waals surface area contributed by atoms with Crippen LogP contribution in [0.2, 0.25) is 0 Å². The Morgan fingerprint density at radius 1 is 1.08 bits per heavy atom. The normalized spacial score (nSPS) is 19.6. The Bertz CT molecular complexity index is 742. The lowest BCUT2D eigenvalue weighted by atomic mass is 9.78. The van der Waals surface area contributed by atoms with Crippen molar-refractivity contribution < 1.29 is 19.1 Å². The standard InChI is InChI=1S/C19H19NO4/c1-23-16-10-8-15(9-11-16)20-17(21)13-19(20,18(22)24-2)12-14-6-4-3-5-7-14/h3-11H,12-13H2,1-2H3. The Morgan fingerprint density at radius 2 is 1.75 bits per heavy atom. The van der Waals surface area contributed by atoms with E-state index in [4.69, 9.17) is 9.47 Å². The molecule has 1 fully saturated rings. The maximum Gasteiger partial charge on any atom is 0.333 e. The highest BCUT2D eigenvalue weighted by molar-refractivity contribution is 6.12. The van der Waals surface area contributed by atoms with Gasteiger partial charge in [0.1, 0.15) is 5.75 Å². The molecule has 2 aromatic carbocycles. The first-order valence-corrected chi connectivity index (χ1v) is 7.70. The number of hydrogen-bond acceptors (Lipinski definition) is 4. The van der Waals surface area contributed by atoms with Crippen molar-refractivity contribution >= 4 is 17.6 Å². The van der Waals surface area contributed by atoms with E-state index in [-0.39, 0.29) is 12.3 Å². The van der Waals surface area contributed by atoms with Crippen LogP contribution in [0.5, 0.6) is 5.75 Å². The molecule has 0 aliphatic carbocycles. The van der Waals surface area contributed by atoms with Gasteiger partial charge in [-0.1, -0.05) is 30.3 Å². The third-order valence-corrected chi connectivity index (χ3v) is 4.36. The maximum atomic E-state index is 12.5. The summed E-state index contributed by atoms with van der Waals surface area (Å²) in [4.78, 5) is 26.4. The Balaban J connectivity index is 1.98. The molecule has 1 aliphatic heterocycles. The van der Waals surface area contributed by atoms with Crippen LogP contribution in [-0.4, -0.2) is 31.6 Å². The first kappa shape index (κ1) is 16.1. The van der Waals surface area contributed by atoms with Gasteiger partial charge in [0.05, 0.1) is 20.6 Å². The molecule has 1 amide bonds. The highest BCUT2D eigenvalue weighted by atomic mass is 16.5. The first-order chi connectivity index (χ1) is 11.6. The van der Waals surface area contributed by atoms with Crippen molar-refractivity contribution in [3.05, 3.63) is 60.2 Å². The molecule has 1 atom stereocenters. The average Bonchev–Trinajstić information content (AvgIpc) is 2.61. The molecule has 0 bridgehead atoms. The van der Waals surface area contributed by atoms with Crippen LogP contribution >= 0.6 is 0 Å². The number of benzene rings is 2. The predicted octanol–water partition coefficient (Wildman–Crippen LogP) is 2.59. The number of β-lactam (4-membered cyclic amide) rings is 1. The minimum Gasteiger partial charge on any atom is -0.497 e. The topological polar surface area (TPSA) is 55.8 Å². The highest BCUT2D eigenvalue weighted by Gasteiger charge is 2.58. The molecule has 1 heterocycles. The summed E-state index contributed by atoms with van der Waals surface area (Å²) in [6, 6.07) is 16.7. The molecule has 0 spiro atoms. The first-order valence-electron chi connectivity index (χ1n) is 7.70. The summed E-state index contributed by atoms with van der Waals surface area (Å²) in [6.07, 6.45) is 0.554. The van der Waals surface area contributed by atoms with Crippen molar-refractivity contribution in [1.29, 1.82) is 0 Å². The van der Waals surface area contributed by atoms with Crippen LogP contribution in [0.25, 0.3) is 0 Å². The van der Waals surface area contributed by atoms with E-state index < -0.39 is 11.5 Å². The van der Waals surface area contributed by atoms with Crippen molar-refractivity contribution in [1.82, 2.24) is 0 Å². The molecule has 0 radical (unpaired) electrons. The molecule has 5 heteroatoms. The molecule has 0 saturated carbocycles. The van der Waals surface area contributed by atoms with Crippen LogP contribution in [0, 0.1) is 0 Å². The molecule has 24 heavy (non-hydrogen) atoms. The van der Waals surface area contributed by atoms with Crippen molar-refractivity contribution in [3.8, 4) is 5.75 Å². The van der Waals surface area contributed by atoms with E-state index in [1.165, 1.54) is 12.0 Å². The summed E-state index contributed by atoms with van der Waals surface area (Å²) in [6.45, 7) is 0. The minimum absolute atomic E-state index is 0.0958. The lowest BCUT2D eigenvalue weighted by molar-refractivity contribution is -0.155. The van der Waals surface area contributed by atoms with Gasteiger partial charge in [-0.2, -0.15) is 0 Å². The SMILES string of the molecule is COC(=O)C1(Cc2ccccc2)CC(=O)N1c1ccc(OC)cc1. The van der Waals surface area contributed by atoms with Gasteiger partial charge in [-0.3, -0.25) is 9.69 Å². The Labute approximate surface area is 140 Å². The Hall–Kier alpha value is -2.82. The fourth-order valence-electron chi connectivity index (χ4n) is 3.18. The van der Waals surface area contributed by atoms with E-state index in [1.807, 2.05) is 30.3 Å². The van der Waals surface area contributed by atoms with Crippen LogP contribution in [0.3, 0.4) is 0 Å². The zero-order chi connectivity index (χ0) is 17.2. The molecule has 0 N–H and O–H groups in total. The van der Waals surface area contributed by atoms with Gasteiger partial charge in [-0.05, 0) is 29.8 Å². The van der Waals surface area contributed by atoms with E-state index in [0.717, 1.165) is 5.56 Å². The fraction of sp³-hybridized carbons (Fsp3) is 0.263. The largest absolute Gasteiger partial charge is 0.497 e. The lowest BCUT2D eigenvalue weighted by Gasteiger charge is -2.49. The molecule has 2 aromatic rings. The second-order valence-corrected chi connectivity index (χ2v) is 5.79. The van der Waals surface area contributed by atoms with E-state index in [0.29, 0.717) is 17.9 Å². The molecule has 1 unspecified atom stereocenters. The van der Waals surface area contributed by atoms with E-state index >= 15 is 0 Å². The summed E-state index contributed by atoms with van der Waals surface area (Å²) >= 11 is 0. The quantitative estimate of drug-likeness (QED) is 0.626. The number of carbonyl (C=O) groups is 2. The van der Waals surface area contributed by atoms with Gasteiger partial charge in [-0.15, -0.1) is 0 Å². The van der Waals surface area contributed by atoms with Crippen LogP contribution in [-0.2, 0) is 20.7 Å². The minimum atomic E-state index is -0.998. The van der Waals surface area contributed by atoms with Gasteiger partial charge in [0.15, 0.2) is 5.54 Å². The van der Waals surface area contributed by atoms with Crippen LogP contribution < -0.4 is 9.64 Å². The highest BCUT2D eigenvalue weighted by Crippen LogP contribution is 2.41. The summed E-state index contributed by atoms with van der Waals surface area (Å²) in [5.41, 5.74) is 0.643. The summed E-state index contributed by atoms with van der Waals surface area (Å²) in [5, 5.41) is 0. The van der Waals surface area contributed by atoms with Crippen molar-refractivity contribution in [3.63, 3.8) is 0 Å². The third kappa shape index (κ3) is 2.62. The van der Waals surface area contributed by atoms with Crippen LogP contribution in [0.15, 0.2) is 54.6 Å². The Kier molecular flexibility index (Phi) is 4.25. The molecule has 1 saturated heterocycles. The number of anilines is 1. The second kappa shape index (κ2) is 6.35. The maximum absolute atomic E-state index is 12.5. The Morgan fingerprint density at radius 3 is 2.29 bits per heavy atom. The van der Waals surface area contributed by atoms with E-state index in [1.54, 1.807) is 31.4 Å². The van der Waals surface area contributed by atoms with Crippen LogP contribution in [0.4, 0.5) is 5.69 Å². The van der Waals surface area contributed by atoms with Gasteiger partial charge in [0, 0.05) is 12.1 Å². The lowest BCUT2D eigenvalue weighted by Crippen LogP contribution is -2.69. The van der Waals surface area contributed by atoms with E-state index in [9.17, 15) is 9.59 Å². The summed E-state index contributed by atoms with van der Waals surface area (Å²) < 4.78 is 10.2. The molecular weight excluding hydrogens is 306 g/mol. The van der Waals surface area contributed by atoms with Gasteiger partial charge < -0.3 is 9.47 Å². The van der Waals surface area contributed by atoms with E-state index in [2.05, 4.69) is 0 Å². The average molecular weight is 325 g/mol. The molecular formula is C19H19NO4. The molecule has 124 valence electrons. The van der Waals surface area contributed by atoms with Crippen LogP contribution in [0.1, 0.15) is 12.0 Å². The fourth-order valence-corrected chi connectivity index (χ4v) is 3.18. The van der Waals surface area contributed by atoms with Gasteiger partial charge in [-0.25, -0.2) is 4.79 Å². The monoisotopic (exact) mass is 325 g/mol. The number of hydrogen-bond donors (Lipinski definition) is 0. The smallest absolute Gasteiger partial charge is 0.333 e. The predicted molar refractivity (Wildman–Crippen MR) is 90.0 cm³/mol. The molecule has 3 rings (SSSR count). The van der Waals surface area contributed by atoms with Gasteiger partial charge in [0.2, 0.25) is 5.91 Å². The third-order valence-electron chi connectivity index (χ3n) is 4.36. The number of esters is 1. The number of rotatable bonds is 5. The van der Waals surface area contributed by atoms with Gasteiger partial charge >= 0.3 is 5.97 Å². The number of carbonyl (C=O) groups excluding carboxylic acids is 2. The second-order valence-electron chi connectivity index (χ2n) is 5.79. The number of nitrogens with zero attached hydrogens (tertiary/aromatic N) is 1. The van der Waals surface area contributed by atoms with Crippen molar-refractivity contribution in [2.24, 2.45) is 0 Å². The molecule has 0 aromatic heterocycles.